The minimum absolute atomic E-state index is 0.0247. The fourth-order valence-electron chi connectivity index (χ4n) is 3.29. The van der Waals surface area contributed by atoms with Crippen molar-refractivity contribution in [3.05, 3.63) is 47.0 Å². The average molecular weight is 359 g/mol. The molecule has 0 radical (unpaired) electrons. The summed E-state index contributed by atoms with van der Waals surface area (Å²) in [5, 5.41) is 16.2. The second-order valence-electron chi connectivity index (χ2n) is 7.25. The van der Waals surface area contributed by atoms with E-state index in [2.05, 4.69) is 10.4 Å². The van der Waals surface area contributed by atoms with Crippen molar-refractivity contribution in [1.29, 1.82) is 0 Å². The molecule has 0 aliphatic heterocycles. The van der Waals surface area contributed by atoms with Crippen LogP contribution in [0.25, 0.3) is 5.69 Å². The lowest BCUT2D eigenvalue weighted by Gasteiger charge is -2.25. The molecule has 0 unspecified atom stereocenters. The third-order valence-corrected chi connectivity index (χ3v) is 4.61. The Morgan fingerprint density at radius 2 is 2.12 bits per heavy atom. The number of carbonyl (C=O) groups excluding carboxylic acids is 1. The third-order valence-electron chi connectivity index (χ3n) is 4.61. The Morgan fingerprint density at radius 3 is 2.81 bits per heavy atom. The maximum absolute atomic E-state index is 13.6. The van der Waals surface area contributed by atoms with E-state index in [4.69, 9.17) is 5.11 Å². The predicted molar refractivity (Wildman–Crippen MR) is 94.0 cm³/mol. The van der Waals surface area contributed by atoms with Gasteiger partial charge < -0.3 is 10.4 Å². The quantitative estimate of drug-likeness (QED) is 0.831. The standard InChI is InChI=1S/C19H22FN3O3/c1-19(2,10-9-16(24)25)21-18(26)17-14-7-4-8-15(14)23(22-17)13-6-3-5-12(20)11-13/h3,5-6,11H,4,7-10H2,1-2H3,(H,21,26)(H,24,25). The van der Waals surface area contributed by atoms with Crippen LogP contribution < -0.4 is 5.32 Å². The molecule has 138 valence electrons. The van der Waals surface area contributed by atoms with E-state index in [1.165, 1.54) is 12.1 Å². The molecule has 1 aromatic carbocycles. The number of halogens is 1. The van der Waals surface area contributed by atoms with Crippen molar-refractivity contribution in [1.82, 2.24) is 15.1 Å². The van der Waals surface area contributed by atoms with Gasteiger partial charge in [0.1, 0.15) is 5.82 Å². The average Bonchev–Trinajstić information content (AvgIpc) is 3.14. The molecule has 0 fully saturated rings. The molecule has 3 rings (SSSR count). The molecule has 1 heterocycles. The van der Waals surface area contributed by atoms with Crippen molar-refractivity contribution in [2.45, 2.75) is 51.5 Å². The van der Waals surface area contributed by atoms with Crippen molar-refractivity contribution >= 4 is 11.9 Å². The molecular formula is C19H22FN3O3. The van der Waals surface area contributed by atoms with Crippen LogP contribution in [0.1, 0.15) is 54.9 Å². The molecular weight excluding hydrogens is 337 g/mol. The van der Waals surface area contributed by atoms with Crippen LogP contribution >= 0.6 is 0 Å². The normalized spacial score (nSPS) is 13.5. The summed E-state index contributed by atoms with van der Waals surface area (Å²) in [5.41, 5.74) is 2.09. The first-order valence-electron chi connectivity index (χ1n) is 8.68. The van der Waals surface area contributed by atoms with Crippen LogP contribution in [0.2, 0.25) is 0 Å². The molecule has 1 aliphatic rings. The van der Waals surface area contributed by atoms with Crippen molar-refractivity contribution in [2.24, 2.45) is 0 Å². The number of hydrogen-bond acceptors (Lipinski definition) is 3. The number of aromatic nitrogens is 2. The second kappa shape index (κ2) is 6.90. The summed E-state index contributed by atoms with van der Waals surface area (Å²) >= 11 is 0. The summed E-state index contributed by atoms with van der Waals surface area (Å²) in [5.74, 6) is -1.58. The first-order chi connectivity index (χ1) is 12.3. The van der Waals surface area contributed by atoms with Gasteiger partial charge in [-0.2, -0.15) is 5.10 Å². The van der Waals surface area contributed by atoms with Crippen molar-refractivity contribution in [3.8, 4) is 5.69 Å². The summed E-state index contributed by atoms with van der Waals surface area (Å²) in [7, 11) is 0. The van der Waals surface area contributed by atoms with Gasteiger partial charge in [0.2, 0.25) is 0 Å². The van der Waals surface area contributed by atoms with Gasteiger partial charge in [-0.1, -0.05) is 6.07 Å². The van der Waals surface area contributed by atoms with E-state index in [0.717, 1.165) is 30.5 Å². The van der Waals surface area contributed by atoms with E-state index in [1.54, 1.807) is 30.7 Å². The maximum Gasteiger partial charge on any atom is 0.303 e. The van der Waals surface area contributed by atoms with Gasteiger partial charge in [-0.15, -0.1) is 0 Å². The molecule has 26 heavy (non-hydrogen) atoms. The van der Waals surface area contributed by atoms with Gasteiger partial charge in [0.25, 0.3) is 5.91 Å². The molecule has 1 aliphatic carbocycles. The van der Waals surface area contributed by atoms with Gasteiger partial charge in [-0.25, -0.2) is 9.07 Å². The summed E-state index contributed by atoms with van der Waals surface area (Å²) in [6.45, 7) is 3.58. The number of fused-ring (bicyclic) bond motifs is 1. The van der Waals surface area contributed by atoms with Crippen LogP contribution in [0.5, 0.6) is 0 Å². The topological polar surface area (TPSA) is 84.2 Å². The van der Waals surface area contributed by atoms with E-state index in [0.29, 0.717) is 17.8 Å². The van der Waals surface area contributed by atoms with Gasteiger partial charge in [0.15, 0.2) is 5.69 Å². The number of benzene rings is 1. The Labute approximate surface area is 151 Å². The monoisotopic (exact) mass is 359 g/mol. The van der Waals surface area contributed by atoms with Crippen LogP contribution in [0, 0.1) is 5.82 Å². The van der Waals surface area contributed by atoms with Gasteiger partial charge >= 0.3 is 5.97 Å². The highest BCUT2D eigenvalue weighted by Gasteiger charge is 2.30. The van der Waals surface area contributed by atoms with Gasteiger partial charge in [0.05, 0.1) is 5.69 Å². The zero-order valence-corrected chi connectivity index (χ0v) is 14.9. The molecule has 0 atom stereocenters. The number of amides is 1. The Morgan fingerprint density at radius 1 is 1.35 bits per heavy atom. The number of carboxylic acids is 1. The van der Waals surface area contributed by atoms with Gasteiger partial charge in [0, 0.05) is 23.2 Å². The molecule has 1 aromatic heterocycles. The highest BCUT2D eigenvalue weighted by molar-refractivity contribution is 5.94. The third kappa shape index (κ3) is 3.76. The number of nitrogens with one attached hydrogen (secondary N) is 1. The van der Waals surface area contributed by atoms with E-state index >= 15 is 0 Å². The summed E-state index contributed by atoms with van der Waals surface area (Å²) in [4.78, 5) is 23.6. The summed E-state index contributed by atoms with van der Waals surface area (Å²) < 4.78 is 15.2. The predicted octanol–water partition coefficient (Wildman–Crippen LogP) is 2.87. The first-order valence-corrected chi connectivity index (χ1v) is 8.68. The second-order valence-corrected chi connectivity index (χ2v) is 7.25. The maximum atomic E-state index is 13.6. The fourth-order valence-corrected chi connectivity index (χ4v) is 3.29. The molecule has 0 saturated heterocycles. The van der Waals surface area contributed by atoms with Crippen LogP contribution in [-0.4, -0.2) is 32.3 Å². The Kier molecular flexibility index (Phi) is 4.80. The zero-order valence-electron chi connectivity index (χ0n) is 14.9. The molecule has 2 N–H and O–H groups in total. The molecule has 2 aromatic rings. The van der Waals surface area contributed by atoms with Crippen LogP contribution in [-0.2, 0) is 17.6 Å². The smallest absolute Gasteiger partial charge is 0.303 e. The molecule has 7 heteroatoms. The zero-order chi connectivity index (χ0) is 18.9. The minimum atomic E-state index is -0.899. The highest BCUT2D eigenvalue weighted by atomic mass is 19.1. The van der Waals surface area contributed by atoms with Gasteiger partial charge in [-0.3, -0.25) is 9.59 Å². The van der Waals surface area contributed by atoms with Crippen LogP contribution in [0.4, 0.5) is 4.39 Å². The lowest BCUT2D eigenvalue weighted by atomic mass is 9.98. The van der Waals surface area contributed by atoms with Crippen molar-refractivity contribution in [2.75, 3.05) is 0 Å². The van der Waals surface area contributed by atoms with Crippen molar-refractivity contribution in [3.63, 3.8) is 0 Å². The lowest BCUT2D eigenvalue weighted by molar-refractivity contribution is -0.137. The van der Waals surface area contributed by atoms with E-state index in [9.17, 15) is 14.0 Å². The summed E-state index contributed by atoms with van der Waals surface area (Å²) in [6, 6.07) is 6.13. The van der Waals surface area contributed by atoms with E-state index < -0.39 is 11.5 Å². The Bertz CT molecular complexity index is 858. The SMILES string of the molecule is CC(C)(CCC(=O)O)NC(=O)c1nn(-c2cccc(F)c2)c2c1CCC2. The number of nitrogens with zero attached hydrogens (tertiary/aromatic N) is 2. The van der Waals surface area contributed by atoms with Crippen LogP contribution in [0.3, 0.4) is 0 Å². The highest BCUT2D eigenvalue weighted by Crippen LogP contribution is 2.28. The first kappa shape index (κ1) is 18.1. The fraction of sp³-hybridized carbons (Fsp3) is 0.421. The molecule has 0 bridgehead atoms. The summed E-state index contributed by atoms with van der Waals surface area (Å²) in [6.07, 6.45) is 2.76. The largest absolute Gasteiger partial charge is 0.481 e. The van der Waals surface area contributed by atoms with Crippen LogP contribution in [0.15, 0.2) is 24.3 Å². The number of hydrogen-bond donors (Lipinski definition) is 2. The molecule has 1 amide bonds. The Hall–Kier alpha value is -2.70. The lowest BCUT2D eigenvalue weighted by Crippen LogP contribution is -2.44. The molecule has 0 saturated carbocycles. The number of carboxylic acid groups (broad SMARTS) is 1. The van der Waals surface area contributed by atoms with Crippen molar-refractivity contribution < 1.29 is 19.1 Å². The minimum Gasteiger partial charge on any atom is -0.481 e. The van der Waals surface area contributed by atoms with E-state index in [-0.39, 0.29) is 18.1 Å². The molecule has 6 nitrogen and oxygen atoms in total. The number of rotatable bonds is 6. The number of carbonyl (C=O) groups is 2. The Balaban J connectivity index is 1.88. The molecule has 0 spiro atoms. The number of aliphatic carboxylic acids is 1. The van der Waals surface area contributed by atoms with Gasteiger partial charge in [-0.05, 0) is 57.7 Å². The van der Waals surface area contributed by atoms with E-state index in [1.807, 2.05) is 0 Å².